The summed E-state index contributed by atoms with van der Waals surface area (Å²) >= 11 is 3.36. The fourth-order valence-corrected chi connectivity index (χ4v) is 3.00. The van der Waals surface area contributed by atoms with Crippen LogP contribution in [0.1, 0.15) is 25.0 Å². The van der Waals surface area contributed by atoms with E-state index >= 15 is 0 Å². The van der Waals surface area contributed by atoms with Crippen LogP contribution in [0, 0.1) is 5.82 Å². The van der Waals surface area contributed by atoms with E-state index in [1.807, 2.05) is 12.1 Å². The van der Waals surface area contributed by atoms with Crippen LogP contribution in [0.25, 0.3) is 0 Å². The zero-order chi connectivity index (χ0) is 15.0. The van der Waals surface area contributed by atoms with Crippen LogP contribution in [0.15, 0.2) is 40.9 Å². The normalized spacial score (nSPS) is 15.4. The van der Waals surface area contributed by atoms with Gasteiger partial charge in [-0.3, -0.25) is 0 Å². The van der Waals surface area contributed by atoms with Gasteiger partial charge in [0.2, 0.25) is 0 Å². The van der Waals surface area contributed by atoms with Crippen molar-refractivity contribution in [3.63, 3.8) is 0 Å². The molecule has 0 radical (unpaired) electrons. The number of benzene rings is 2. The van der Waals surface area contributed by atoms with Crippen LogP contribution in [-0.2, 0) is 13.0 Å². The lowest BCUT2D eigenvalue weighted by Crippen LogP contribution is -2.25. The number of hydrogen-bond donors (Lipinski definition) is 1. The molecule has 0 saturated carbocycles. The van der Waals surface area contributed by atoms with Crippen molar-refractivity contribution in [1.29, 1.82) is 0 Å². The van der Waals surface area contributed by atoms with Gasteiger partial charge in [-0.25, -0.2) is 4.39 Å². The summed E-state index contributed by atoms with van der Waals surface area (Å²) in [5.41, 5.74) is 2.59. The van der Waals surface area contributed by atoms with Crippen LogP contribution < -0.4 is 10.1 Å². The van der Waals surface area contributed by atoms with Crippen molar-refractivity contribution in [3.05, 3.63) is 57.8 Å². The standard InChI is InChI=1S/C17H17BrFNO/c1-17(2)9-11-4-3-5-12(16(11)21-17)10-20-15-8-13(18)6-7-14(15)19/h3-8,20H,9-10H2,1-2H3. The Labute approximate surface area is 132 Å². The molecule has 0 fully saturated rings. The molecule has 0 bridgehead atoms. The first-order chi connectivity index (χ1) is 9.94. The average molecular weight is 350 g/mol. The van der Waals surface area contributed by atoms with Crippen LogP contribution in [0.5, 0.6) is 5.75 Å². The summed E-state index contributed by atoms with van der Waals surface area (Å²) in [5, 5.41) is 3.14. The first-order valence-corrected chi connectivity index (χ1v) is 7.73. The Morgan fingerprint density at radius 1 is 1.29 bits per heavy atom. The summed E-state index contributed by atoms with van der Waals surface area (Å²) in [5.74, 6) is 0.678. The van der Waals surface area contributed by atoms with Crippen molar-refractivity contribution in [3.8, 4) is 5.75 Å². The van der Waals surface area contributed by atoms with E-state index in [0.717, 1.165) is 22.2 Å². The van der Waals surface area contributed by atoms with Crippen LogP contribution in [0.4, 0.5) is 10.1 Å². The number of fused-ring (bicyclic) bond motifs is 1. The first kappa shape index (κ1) is 14.4. The predicted octanol–water partition coefficient (Wildman–Crippen LogP) is 4.91. The van der Waals surface area contributed by atoms with Gasteiger partial charge in [-0.2, -0.15) is 0 Å². The highest BCUT2D eigenvalue weighted by molar-refractivity contribution is 9.10. The van der Waals surface area contributed by atoms with Gasteiger partial charge in [0, 0.05) is 23.0 Å². The third-order valence-electron chi connectivity index (χ3n) is 3.57. The Kier molecular flexibility index (Phi) is 3.66. The fourth-order valence-electron chi connectivity index (χ4n) is 2.64. The van der Waals surface area contributed by atoms with Crippen LogP contribution >= 0.6 is 15.9 Å². The van der Waals surface area contributed by atoms with E-state index in [1.165, 1.54) is 11.6 Å². The lowest BCUT2D eigenvalue weighted by molar-refractivity contribution is 0.137. The third kappa shape index (κ3) is 3.05. The summed E-state index contributed by atoms with van der Waals surface area (Å²) < 4.78 is 20.6. The van der Waals surface area contributed by atoms with Gasteiger partial charge >= 0.3 is 0 Å². The topological polar surface area (TPSA) is 21.3 Å². The third-order valence-corrected chi connectivity index (χ3v) is 4.06. The molecule has 1 aliphatic heterocycles. The Hall–Kier alpha value is -1.55. The molecule has 110 valence electrons. The monoisotopic (exact) mass is 349 g/mol. The minimum absolute atomic E-state index is 0.167. The van der Waals surface area contributed by atoms with Gasteiger partial charge in [0.15, 0.2) is 0 Å². The Morgan fingerprint density at radius 2 is 2.10 bits per heavy atom. The molecule has 0 spiro atoms. The van der Waals surface area contributed by atoms with E-state index in [0.29, 0.717) is 12.2 Å². The second-order valence-electron chi connectivity index (χ2n) is 5.92. The smallest absolute Gasteiger partial charge is 0.146 e. The van der Waals surface area contributed by atoms with Gasteiger partial charge in [-0.15, -0.1) is 0 Å². The van der Waals surface area contributed by atoms with Crippen molar-refractivity contribution in [2.24, 2.45) is 0 Å². The molecule has 2 aromatic carbocycles. The molecule has 2 nitrogen and oxygen atoms in total. The molecule has 0 amide bonds. The lowest BCUT2D eigenvalue weighted by Gasteiger charge is -2.18. The van der Waals surface area contributed by atoms with Gasteiger partial charge in [0.25, 0.3) is 0 Å². The molecule has 1 heterocycles. The van der Waals surface area contributed by atoms with Crippen molar-refractivity contribution < 1.29 is 9.13 Å². The molecular weight excluding hydrogens is 333 g/mol. The van der Waals surface area contributed by atoms with E-state index in [9.17, 15) is 4.39 Å². The van der Waals surface area contributed by atoms with E-state index in [1.54, 1.807) is 12.1 Å². The number of anilines is 1. The maximum absolute atomic E-state index is 13.8. The minimum atomic E-state index is -0.257. The molecular formula is C17H17BrFNO. The molecule has 4 heteroatoms. The number of ether oxygens (including phenoxy) is 1. The largest absolute Gasteiger partial charge is 0.487 e. The van der Waals surface area contributed by atoms with Gasteiger partial charge in [-0.1, -0.05) is 34.1 Å². The summed E-state index contributed by atoms with van der Waals surface area (Å²) in [6, 6.07) is 11.0. The molecule has 0 aromatic heterocycles. The molecule has 21 heavy (non-hydrogen) atoms. The number of hydrogen-bond acceptors (Lipinski definition) is 2. The van der Waals surface area contributed by atoms with E-state index in [-0.39, 0.29) is 11.4 Å². The van der Waals surface area contributed by atoms with E-state index in [4.69, 9.17) is 4.74 Å². The highest BCUT2D eigenvalue weighted by Gasteiger charge is 2.31. The zero-order valence-electron chi connectivity index (χ0n) is 12.0. The fraction of sp³-hybridized carbons (Fsp3) is 0.294. The molecule has 0 unspecified atom stereocenters. The Morgan fingerprint density at radius 3 is 2.90 bits per heavy atom. The molecule has 0 aliphatic carbocycles. The summed E-state index contributed by atoms with van der Waals surface area (Å²) in [7, 11) is 0. The molecule has 1 aliphatic rings. The Bertz CT molecular complexity index is 684. The van der Waals surface area contributed by atoms with Crippen LogP contribution in [0.2, 0.25) is 0 Å². The highest BCUT2D eigenvalue weighted by Crippen LogP contribution is 2.37. The Balaban J connectivity index is 1.81. The van der Waals surface area contributed by atoms with Crippen molar-refractivity contribution in [2.75, 3.05) is 5.32 Å². The average Bonchev–Trinajstić information content (AvgIpc) is 2.74. The van der Waals surface area contributed by atoms with Gasteiger partial charge in [0.05, 0.1) is 5.69 Å². The SMILES string of the molecule is CC1(C)Cc2cccc(CNc3cc(Br)ccc3F)c2O1. The lowest BCUT2D eigenvalue weighted by atomic mass is 10.0. The zero-order valence-corrected chi connectivity index (χ0v) is 13.6. The number of para-hydroxylation sites is 1. The molecule has 0 atom stereocenters. The van der Waals surface area contributed by atoms with E-state index in [2.05, 4.69) is 41.2 Å². The maximum Gasteiger partial charge on any atom is 0.146 e. The maximum atomic E-state index is 13.8. The molecule has 1 N–H and O–H groups in total. The number of rotatable bonds is 3. The van der Waals surface area contributed by atoms with Crippen molar-refractivity contribution >= 4 is 21.6 Å². The quantitative estimate of drug-likeness (QED) is 0.849. The highest BCUT2D eigenvalue weighted by atomic mass is 79.9. The second-order valence-corrected chi connectivity index (χ2v) is 6.84. The number of nitrogens with one attached hydrogen (secondary N) is 1. The van der Waals surface area contributed by atoms with Crippen LogP contribution in [0.3, 0.4) is 0 Å². The first-order valence-electron chi connectivity index (χ1n) is 6.93. The molecule has 0 saturated heterocycles. The van der Waals surface area contributed by atoms with Crippen LogP contribution in [-0.4, -0.2) is 5.60 Å². The van der Waals surface area contributed by atoms with Crippen molar-refractivity contribution in [1.82, 2.24) is 0 Å². The predicted molar refractivity (Wildman–Crippen MR) is 86.3 cm³/mol. The van der Waals surface area contributed by atoms with Gasteiger partial charge in [0.1, 0.15) is 17.2 Å². The summed E-state index contributed by atoms with van der Waals surface area (Å²) in [6.07, 6.45) is 0.904. The van der Waals surface area contributed by atoms with Gasteiger partial charge < -0.3 is 10.1 Å². The second kappa shape index (κ2) is 5.34. The summed E-state index contributed by atoms with van der Waals surface area (Å²) in [4.78, 5) is 0. The van der Waals surface area contributed by atoms with Crippen molar-refractivity contribution in [2.45, 2.75) is 32.4 Å². The molecule has 3 rings (SSSR count). The minimum Gasteiger partial charge on any atom is -0.487 e. The van der Waals surface area contributed by atoms with Gasteiger partial charge in [-0.05, 0) is 37.6 Å². The molecule has 2 aromatic rings. The summed E-state index contributed by atoms with van der Waals surface area (Å²) in [6.45, 7) is 4.70. The number of halogens is 2. The van der Waals surface area contributed by atoms with E-state index < -0.39 is 0 Å².